The molecule has 0 aromatic carbocycles. The van der Waals surface area contributed by atoms with E-state index >= 15 is 0 Å². The van der Waals surface area contributed by atoms with Crippen LogP contribution in [0.25, 0.3) is 0 Å². The quantitative estimate of drug-likeness (QED) is 0.544. The summed E-state index contributed by atoms with van der Waals surface area (Å²) in [5.41, 5.74) is 3.18. The van der Waals surface area contributed by atoms with Gasteiger partial charge in [0.25, 0.3) is 0 Å². The molecule has 0 N–H and O–H groups in total. The minimum atomic E-state index is -1.50. The Bertz CT molecular complexity index is 226. The van der Waals surface area contributed by atoms with Crippen molar-refractivity contribution in [3.8, 4) is 0 Å². The van der Waals surface area contributed by atoms with E-state index in [4.69, 9.17) is 0 Å². The molecule has 0 atom stereocenters. The van der Waals surface area contributed by atoms with Crippen LogP contribution < -0.4 is 0 Å². The molecule has 0 heterocycles. The second-order valence-electron chi connectivity index (χ2n) is 4.48. The number of rotatable bonds is 1. The Morgan fingerprint density at radius 2 is 1.73 bits per heavy atom. The third-order valence-corrected chi connectivity index (χ3v) is 5.89. The standard InChI is InChI=1S/C7H9.3CH3.Ti/c1-6-4-3-5-7(6)2;;;;/h3H,4H2,1-2H3;3*1H3;. The van der Waals surface area contributed by atoms with Gasteiger partial charge in [-0.15, -0.1) is 0 Å². The number of hydrogen-bond acceptors (Lipinski definition) is 0. The zero-order chi connectivity index (χ0) is 8.65. The van der Waals surface area contributed by atoms with Gasteiger partial charge in [0.05, 0.1) is 0 Å². The van der Waals surface area contributed by atoms with Gasteiger partial charge in [-0.2, -0.15) is 0 Å². The Morgan fingerprint density at radius 3 is 1.91 bits per heavy atom. The minimum absolute atomic E-state index is 1.21. The van der Waals surface area contributed by atoms with Crippen LogP contribution in [0.3, 0.4) is 0 Å². The van der Waals surface area contributed by atoms with E-state index in [1.165, 1.54) is 6.42 Å². The fraction of sp³-hybridized carbons (Fsp3) is 0.600. The molecule has 1 heteroatoms. The van der Waals surface area contributed by atoms with Gasteiger partial charge in [-0.1, -0.05) is 0 Å². The van der Waals surface area contributed by atoms with Gasteiger partial charge in [0.2, 0.25) is 0 Å². The average molecular weight is 186 g/mol. The fourth-order valence-electron chi connectivity index (χ4n) is 1.66. The molecule has 0 bridgehead atoms. The van der Waals surface area contributed by atoms with E-state index in [0.717, 1.165) is 0 Å². The SMILES string of the molecule is CC1=C(C)[C]([Ti]([CH3])([CH3])[CH3])=CC1. The predicted molar refractivity (Wildman–Crippen MR) is 48.7 cm³/mol. The molecule has 0 spiro atoms. The molecule has 0 aromatic rings. The van der Waals surface area contributed by atoms with Crippen molar-refractivity contribution in [2.24, 2.45) is 0 Å². The molecule has 0 saturated carbocycles. The second-order valence-corrected chi connectivity index (χ2v) is 12.3. The monoisotopic (exact) mass is 186 g/mol. The van der Waals surface area contributed by atoms with Crippen molar-refractivity contribution in [1.29, 1.82) is 0 Å². The summed E-state index contributed by atoms with van der Waals surface area (Å²) in [7, 11) is 0. The maximum atomic E-state index is 2.47. The average Bonchev–Trinajstić information content (AvgIpc) is 2.11. The first-order valence-corrected chi connectivity index (χ1v) is 9.77. The van der Waals surface area contributed by atoms with E-state index in [1.54, 1.807) is 15.0 Å². The van der Waals surface area contributed by atoms with E-state index in [2.05, 4.69) is 35.6 Å². The summed E-state index contributed by atoms with van der Waals surface area (Å²) in [5, 5.41) is 7.40. The molecule has 0 nitrogen and oxygen atoms in total. The van der Waals surface area contributed by atoms with E-state index in [0.29, 0.717) is 0 Å². The van der Waals surface area contributed by atoms with Crippen molar-refractivity contribution in [3.63, 3.8) is 0 Å². The molecular formula is C10H18Ti. The molecule has 0 aromatic heterocycles. The van der Waals surface area contributed by atoms with Gasteiger partial charge in [0.1, 0.15) is 0 Å². The van der Waals surface area contributed by atoms with Crippen molar-refractivity contribution >= 4 is 0 Å². The van der Waals surface area contributed by atoms with Gasteiger partial charge in [-0.05, 0) is 0 Å². The normalized spacial score (nSPS) is 19.2. The summed E-state index contributed by atoms with van der Waals surface area (Å²) in [6.07, 6.45) is 3.66. The van der Waals surface area contributed by atoms with Gasteiger partial charge in [0, 0.05) is 0 Å². The maximum absolute atomic E-state index is 2.47. The molecule has 0 unspecified atom stereocenters. The summed E-state index contributed by atoms with van der Waals surface area (Å²) >= 11 is -1.50. The van der Waals surface area contributed by atoms with Crippen LogP contribution in [0.5, 0.6) is 0 Å². The summed E-state index contributed by atoms with van der Waals surface area (Å²) in [4.78, 5) is 0. The Hall–Kier alpha value is 0.194. The van der Waals surface area contributed by atoms with Crippen LogP contribution in [-0.2, 0) is 16.6 Å². The molecule has 1 rings (SSSR count). The van der Waals surface area contributed by atoms with E-state index in [-0.39, 0.29) is 0 Å². The molecule has 0 amide bonds. The molecule has 0 aliphatic heterocycles. The first kappa shape index (κ1) is 9.28. The first-order chi connectivity index (χ1) is 4.93. The fourth-order valence-corrected chi connectivity index (χ4v) is 4.87. The van der Waals surface area contributed by atoms with Gasteiger partial charge >= 0.3 is 73.6 Å². The molecule has 62 valence electrons. The molecule has 1 aliphatic rings. The molecular weight excluding hydrogens is 168 g/mol. The zero-order valence-electron chi connectivity index (χ0n) is 8.28. The molecule has 0 fully saturated rings. The van der Waals surface area contributed by atoms with Crippen molar-refractivity contribution in [3.05, 3.63) is 21.1 Å². The van der Waals surface area contributed by atoms with Crippen molar-refractivity contribution in [2.75, 3.05) is 0 Å². The Kier molecular flexibility index (Phi) is 2.46. The molecule has 0 radical (unpaired) electrons. The number of allylic oxidation sites excluding steroid dienone is 4. The van der Waals surface area contributed by atoms with E-state index in [9.17, 15) is 0 Å². The molecule has 1 aliphatic carbocycles. The Balaban J connectivity index is 2.94. The third kappa shape index (κ3) is 1.86. The Labute approximate surface area is 73.7 Å². The molecule has 11 heavy (non-hydrogen) atoms. The van der Waals surface area contributed by atoms with Crippen LogP contribution in [-0.4, -0.2) is 0 Å². The van der Waals surface area contributed by atoms with Gasteiger partial charge in [-0.3, -0.25) is 0 Å². The first-order valence-electron chi connectivity index (χ1n) is 4.30. The number of hydrogen-bond donors (Lipinski definition) is 0. The molecule has 0 saturated heterocycles. The van der Waals surface area contributed by atoms with Crippen LogP contribution in [0.2, 0.25) is 15.7 Å². The topological polar surface area (TPSA) is 0 Å². The summed E-state index contributed by atoms with van der Waals surface area (Å²) in [5.74, 6) is 0. The van der Waals surface area contributed by atoms with Crippen molar-refractivity contribution < 1.29 is 16.6 Å². The predicted octanol–water partition coefficient (Wildman–Crippen LogP) is 3.91. The van der Waals surface area contributed by atoms with Crippen molar-refractivity contribution in [1.82, 2.24) is 0 Å². The third-order valence-electron chi connectivity index (χ3n) is 2.46. The van der Waals surface area contributed by atoms with Crippen LogP contribution in [0.4, 0.5) is 0 Å². The van der Waals surface area contributed by atoms with Gasteiger partial charge < -0.3 is 0 Å². The second kappa shape index (κ2) is 2.91. The van der Waals surface area contributed by atoms with E-state index in [1.807, 2.05) is 0 Å². The van der Waals surface area contributed by atoms with Gasteiger partial charge in [-0.25, -0.2) is 0 Å². The zero-order valence-corrected chi connectivity index (χ0v) is 9.85. The van der Waals surface area contributed by atoms with E-state index < -0.39 is 16.6 Å². The summed E-state index contributed by atoms with van der Waals surface area (Å²) in [6.45, 7) is 4.54. The van der Waals surface area contributed by atoms with Crippen molar-refractivity contribution in [2.45, 2.75) is 36.0 Å². The Morgan fingerprint density at radius 1 is 1.18 bits per heavy atom. The van der Waals surface area contributed by atoms with Crippen LogP contribution in [0.15, 0.2) is 21.1 Å². The van der Waals surface area contributed by atoms with Gasteiger partial charge in [0.15, 0.2) is 0 Å². The van der Waals surface area contributed by atoms with Crippen LogP contribution in [0, 0.1) is 0 Å². The summed E-state index contributed by atoms with van der Waals surface area (Å²) in [6, 6.07) is 0. The summed E-state index contributed by atoms with van der Waals surface area (Å²) < 4.78 is 1.72. The van der Waals surface area contributed by atoms with Crippen LogP contribution in [0.1, 0.15) is 20.3 Å². The van der Waals surface area contributed by atoms with Crippen LogP contribution >= 0.6 is 0 Å².